The summed E-state index contributed by atoms with van der Waals surface area (Å²) >= 11 is 0. The van der Waals surface area contributed by atoms with Gasteiger partial charge in [-0.1, -0.05) is 6.07 Å². The zero-order valence-electron chi connectivity index (χ0n) is 11.7. The van der Waals surface area contributed by atoms with E-state index in [0.717, 1.165) is 25.1 Å². The molecule has 0 fully saturated rings. The fourth-order valence-corrected chi connectivity index (χ4v) is 2.59. The van der Waals surface area contributed by atoms with Gasteiger partial charge in [0.05, 0.1) is 11.3 Å². The Morgan fingerprint density at radius 2 is 1.86 bits per heavy atom. The number of nitrogens with one attached hydrogen (secondary N) is 1. The molecule has 1 aromatic carbocycles. The zero-order valence-corrected chi connectivity index (χ0v) is 12.5. The Hall–Kier alpha value is -2.16. The van der Waals surface area contributed by atoms with Crippen molar-refractivity contribution in [2.45, 2.75) is 19.4 Å². The van der Waals surface area contributed by atoms with Crippen molar-refractivity contribution in [3.8, 4) is 0 Å². The van der Waals surface area contributed by atoms with E-state index in [1.54, 1.807) is 0 Å². The van der Waals surface area contributed by atoms with Gasteiger partial charge < -0.3 is 9.84 Å². The number of aliphatic hydroxyl groups excluding tert-OH is 1. The zero-order chi connectivity index (χ0) is 16.7. The highest BCUT2D eigenvalue weighted by molar-refractivity contribution is 7.89. The summed E-state index contributed by atoms with van der Waals surface area (Å²) in [5.74, 6) is -5.39. The first-order chi connectivity index (χ1) is 10.1. The molecule has 0 aliphatic carbocycles. The lowest BCUT2D eigenvalue weighted by atomic mass is 9.90. The molecule has 0 radical (unpaired) electrons. The molecule has 9 heteroatoms. The molecule has 0 saturated carbocycles. The van der Waals surface area contributed by atoms with Gasteiger partial charge in [-0.25, -0.2) is 17.2 Å². The molecule has 22 heavy (non-hydrogen) atoms. The Kier molecular flexibility index (Phi) is 3.86. The summed E-state index contributed by atoms with van der Waals surface area (Å²) in [4.78, 5) is 12.1. The molecule has 2 N–H and O–H groups in total. The normalized spacial score (nSPS) is 21.9. The van der Waals surface area contributed by atoms with E-state index in [9.17, 15) is 27.1 Å². The number of aliphatic hydroxyl groups is 1. The highest BCUT2D eigenvalue weighted by Crippen LogP contribution is 2.39. The maximum Gasteiger partial charge on any atom is 0.250 e. The molecule has 1 aliphatic rings. The Labute approximate surface area is 125 Å². The number of rotatable bonds is 4. The maximum atomic E-state index is 13.9. The lowest BCUT2D eigenvalue weighted by Gasteiger charge is -2.24. The quantitative estimate of drug-likeness (QED) is 0.870. The van der Waals surface area contributed by atoms with Crippen LogP contribution < -0.4 is 4.72 Å². The van der Waals surface area contributed by atoms with Crippen LogP contribution in [0.25, 0.3) is 0 Å². The van der Waals surface area contributed by atoms with Crippen LogP contribution in [0.15, 0.2) is 29.8 Å². The number of sulfonamides is 1. The minimum absolute atomic E-state index is 0.341. The van der Waals surface area contributed by atoms with E-state index in [0.29, 0.717) is 0 Å². The lowest BCUT2D eigenvalue weighted by molar-refractivity contribution is -0.132. The second-order valence-electron chi connectivity index (χ2n) is 4.74. The van der Waals surface area contributed by atoms with Gasteiger partial charge in [-0.2, -0.15) is 0 Å². The smallest absolute Gasteiger partial charge is 0.250 e. The highest BCUT2D eigenvalue weighted by atomic mass is 32.2. The first kappa shape index (κ1) is 16.2. The van der Waals surface area contributed by atoms with E-state index < -0.39 is 50.2 Å². The number of Topliss-reactive ketones (excluding diaryl/α,β-unsaturated/α-hetero) is 1. The summed E-state index contributed by atoms with van der Waals surface area (Å²) in [5.41, 5.74) is -2.91. The number of hydrogen-bond acceptors (Lipinski definition) is 5. The predicted octanol–water partition coefficient (Wildman–Crippen LogP) is 1.45. The van der Waals surface area contributed by atoms with Crippen molar-refractivity contribution in [1.29, 1.82) is 0 Å². The average Bonchev–Trinajstić information content (AvgIpc) is 2.63. The molecule has 1 atom stereocenters. The van der Waals surface area contributed by atoms with Gasteiger partial charge in [-0.15, -0.1) is 0 Å². The van der Waals surface area contributed by atoms with Crippen LogP contribution in [-0.4, -0.2) is 25.1 Å². The SMILES string of the molecule is CCS(=O)(=O)NC1=C(O)C(=O)C(C)(c2c(F)cccc2F)O1. The van der Waals surface area contributed by atoms with Gasteiger partial charge in [0.2, 0.25) is 27.3 Å². The molecule has 1 aromatic rings. The predicted molar refractivity (Wildman–Crippen MR) is 72.1 cm³/mol. The number of halogens is 2. The maximum absolute atomic E-state index is 13.9. The van der Waals surface area contributed by atoms with Crippen molar-refractivity contribution in [2.75, 3.05) is 5.75 Å². The summed E-state index contributed by atoms with van der Waals surface area (Å²) < 4.78 is 57.7. The van der Waals surface area contributed by atoms with Crippen LogP contribution in [0.1, 0.15) is 19.4 Å². The van der Waals surface area contributed by atoms with E-state index in [2.05, 4.69) is 0 Å². The Balaban J connectivity index is 2.48. The van der Waals surface area contributed by atoms with E-state index in [1.165, 1.54) is 6.92 Å². The molecule has 0 spiro atoms. The minimum atomic E-state index is -3.84. The van der Waals surface area contributed by atoms with Gasteiger partial charge in [-0.3, -0.25) is 9.52 Å². The van der Waals surface area contributed by atoms with E-state index in [-0.39, 0.29) is 5.75 Å². The number of carbonyl (C=O) groups excluding carboxylic acids is 1. The van der Waals surface area contributed by atoms with E-state index in [1.807, 2.05) is 4.72 Å². The van der Waals surface area contributed by atoms with Crippen LogP contribution in [0.2, 0.25) is 0 Å². The summed E-state index contributed by atoms with van der Waals surface area (Å²) in [5, 5.41) is 9.73. The molecule has 0 bridgehead atoms. The van der Waals surface area contributed by atoms with E-state index in [4.69, 9.17) is 4.74 Å². The molecule has 0 saturated heterocycles. The van der Waals surface area contributed by atoms with Crippen molar-refractivity contribution >= 4 is 15.8 Å². The number of ketones is 1. The fraction of sp³-hybridized carbons (Fsp3) is 0.308. The lowest BCUT2D eigenvalue weighted by Crippen LogP contribution is -2.34. The molecule has 120 valence electrons. The summed E-state index contributed by atoms with van der Waals surface area (Å²) in [6, 6.07) is 2.95. The third kappa shape index (κ3) is 2.52. The summed E-state index contributed by atoms with van der Waals surface area (Å²) in [6.07, 6.45) is 0. The van der Waals surface area contributed by atoms with Crippen molar-refractivity contribution in [3.05, 3.63) is 47.0 Å². The largest absolute Gasteiger partial charge is 0.501 e. The fourth-order valence-electron chi connectivity index (χ4n) is 2.03. The van der Waals surface area contributed by atoms with Crippen molar-refractivity contribution < 1.29 is 31.8 Å². The van der Waals surface area contributed by atoms with Crippen molar-refractivity contribution in [2.24, 2.45) is 0 Å². The highest BCUT2D eigenvalue weighted by Gasteiger charge is 2.51. The summed E-state index contributed by atoms with van der Waals surface area (Å²) in [7, 11) is -3.84. The van der Waals surface area contributed by atoms with Crippen LogP contribution in [0.3, 0.4) is 0 Å². The van der Waals surface area contributed by atoms with Crippen LogP contribution >= 0.6 is 0 Å². The van der Waals surface area contributed by atoms with Crippen molar-refractivity contribution in [3.63, 3.8) is 0 Å². The molecule has 2 rings (SSSR count). The van der Waals surface area contributed by atoms with Gasteiger partial charge in [0.15, 0.2) is 0 Å². The van der Waals surface area contributed by atoms with Crippen molar-refractivity contribution in [1.82, 2.24) is 4.72 Å². The minimum Gasteiger partial charge on any atom is -0.501 e. The molecule has 1 aliphatic heterocycles. The van der Waals surface area contributed by atoms with Gasteiger partial charge in [0.1, 0.15) is 11.6 Å². The van der Waals surface area contributed by atoms with Crippen LogP contribution in [-0.2, 0) is 25.2 Å². The third-order valence-electron chi connectivity index (χ3n) is 3.24. The first-order valence-corrected chi connectivity index (χ1v) is 7.89. The molecule has 0 aromatic heterocycles. The monoisotopic (exact) mass is 333 g/mol. The van der Waals surface area contributed by atoms with E-state index >= 15 is 0 Å². The number of carbonyl (C=O) groups is 1. The second-order valence-corrected chi connectivity index (χ2v) is 6.76. The standard InChI is InChI=1S/C13H13F2NO5S/c1-3-22(19,20)16-12-10(17)11(18)13(2,21-12)9-7(14)5-4-6-8(9)15/h4-6,16-17H,3H2,1-2H3. The number of benzene rings is 1. The van der Waals surface area contributed by atoms with Gasteiger partial charge in [-0.05, 0) is 26.0 Å². The molecule has 0 amide bonds. The van der Waals surface area contributed by atoms with Gasteiger partial charge >= 0.3 is 0 Å². The third-order valence-corrected chi connectivity index (χ3v) is 4.49. The van der Waals surface area contributed by atoms with Crippen LogP contribution in [0.4, 0.5) is 8.78 Å². The number of hydrogen-bond donors (Lipinski definition) is 2. The van der Waals surface area contributed by atoms with Crippen LogP contribution in [0, 0.1) is 11.6 Å². The van der Waals surface area contributed by atoms with Crippen LogP contribution in [0.5, 0.6) is 0 Å². The first-order valence-electron chi connectivity index (χ1n) is 6.24. The number of ether oxygens (including phenoxy) is 1. The second kappa shape index (κ2) is 5.24. The topological polar surface area (TPSA) is 92.7 Å². The van der Waals surface area contributed by atoms with Gasteiger partial charge in [0, 0.05) is 0 Å². The Morgan fingerprint density at radius 3 is 2.36 bits per heavy atom. The summed E-state index contributed by atoms with van der Waals surface area (Å²) in [6.45, 7) is 2.37. The molecular weight excluding hydrogens is 320 g/mol. The Bertz CT molecular complexity index is 754. The molecule has 1 heterocycles. The Morgan fingerprint density at radius 1 is 1.32 bits per heavy atom. The molecule has 6 nitrogen and oxygen atoms in total. The average molecular weight is 333 g/mol. The van der Waals surface area contributed by atoms with Gasteiger partial charge in [0.25, 0.3) is 5.78 Å². The molecular formula is C13H13F2NO5S. The molecule has 1 unspecified atom stereocenters.